The summed E-state index contributed by atoms with van der Waals surface area (Å²) in [5.74, 6) is -0.468. The van der Waals surface area contributed by atoms with Crippen LogP contribution in [0.4, 0.5) is 10.1 Å². The lowest BCUT2D eigenvalue weighted by Crippen LogP contribution is -2.13. The number of aliphatic hydroxyl groups is 1. The minimum atomic E-state index is -1.01. The van der Waals surface area contributed by atoms with Crippen molar-refractivity contribution >= 4 is 5.69 Å². The fraction of sp³-hybridized carbons (Fsp3) is 0.125. The lowest BCUT2D eigenvalue weighted by atomic mass is 10.1. The number of nitriles is 2. The fourth-order valence-corrected chi connectivity index (χ4v) is 1.91. The van der Waals surface area contributed by atoms with E-state index in [2.05, 4.69) is 5.32 Å². The molecule has 0 spiro atoms. The fourth-order valence-electron chi connectivity index (χ4n) is 1.91. The molecule has 4 nitrogen and oxygen atoms in total. The lowest BCUT2D eigenvalue weighted by Gasteiger charge is -2.14. The largest absolute Gasteiger partial charge is 0.386 e. The van der Waals surface area contributed by atoms with Crippen LogP contribution in [0.25, 0.3) is 0 Å². The number of hydrogen-bond donors (Lipinski definition) is 2. The topological polar surface area (TPSA) is 79.8 Å². The van der Waals surface area contributed by atoms with Crippen LogP contribution in [-0.2, 0) is 0 Å². The highest BCUT2D eigenvalue weighted by atomic mass is 19.1. The van der Waals surface area contributed by atoms with Crippen molar-refractivity contribution in [2.75, 3.05) is 11.9 Å². The maximum atomic E-state index is 13.5. The molecule has 2 aromatic carbocycles. The van der Waals surface area contributed by atoms with Crippen LogP contribution in [0, 0.1) is 28.5 Å². The van der Waals surface area contributed by atoms with Crippen molar-refractivity contribution in [2.45, 2.75) is 6.10 Å². The van der Waals surface area contributed by atoms with Crippen molar-refractivity contribution in [3.63, 3.8) is 0 Å². The normalized spacial score (nSPS) is 11.2. The monoisotopic (exact) mass is 281 g/mol. The SMILES string of the molecule is N#Cc1ccc(NCC(O)c2ccccc2F)cc1C#N. The number of hydrogen-bond acceptors (Lipinski definition) is 4. The summed E-state index contributed by atoms with van der Waals surface area (Å²) in [5.41, 5.74) is 1.33. The van der Waals surface area contributed by atoms with E-state index in [1.165, 1.54) is 24.3 Å². The number of nitrogens with zero attached hydrogens (tertiary/aromatic N) is 2. The summed E-state index contributed by atoms with van der Waals surface area (Å²) in [6.07, 6.45) is -1.01. The second kappa shape index (κ2) is 6.51. The summed E-state index contributed by atoms with van der Waals surface area (Å²) in [4.78, 5) is 0. The van der Waals surface area contributed by atoms with Crippen LogP contribution in [0.2, 0.25) is 0 Å². The Bertz CT molecular complexity index is 731. The first-order valence-corrected chi connectivity index (χ1v) is 6.26. The third-order valence-corrected chi connectivity index (χ3v) is 3.02. The highest BCUT2D eigenvalue weighted by Gasteiger charge is 2.12. The Morgan fingerprint density at radius 1 is 1.10 bits per heavy atom. The van der Waals surface area contributed by atoms with Crippen LogP contribution in [0.5, 0.6) is 0 Å². The molecule has 2 rings (SSSR count). The summed E-state index contributed by atoms with van der Waals surface area (Å²) in [5, 5.41) is 30.7. The van der Waals surface area contributed by atoms with Gasteiger partial charge in [-0.3, -0.25) is 0 Å². The number of rotatable bonds is 4. The molecule has 0 aliphatic heterocycles. The van der Waals surface area contributed by atoms with Gasteiger partial charge < -0.3 is 10.4 Å². The zero-order valence-electron chi connectivity index (χ0n) is 11.0. The highest BCUT2D eigenvalue weighted by molar-refractivity contribution is 5.56. The first-order chi connectivity index (χ1) is 10.2. The van der Waals surface area contributed by atoms with Crippen molar-refractivity contribution in [3.8, 4) is 12.1 Å². The molecule has 0 aliphatic rings. The van der Waals surface area contributed by atoms with Gasteiger partial charge in [-0.1, -0.05) is 18.2 Å². The molecule has 0 bridgehead atoms. The predicted octanol–water partition coefficient (Wildman–Crippen LogP) is 2.71. The number of halogens is 1. The van der Waals surface area contributed by atoms with E-state index in [-0.39, 0.29) is 23.2 Å². The quantitative estimate of drug-likeness (QED) is 0.903. The van der Waals surface area contributed by atoms with Gasteiger partial charge in [0.15, 0.2) is 0 Å². The zero-order valence-corrected chi connectivity index (χ0v) is 11.0. The van der Waals surface area contributed by atoms with Gasteiger partial charge in [0.05, 0.1) is 17.2 Å². The maximum absolute atomic E-state index is 13.5. The van der Waals surface area contributed by atoms with E-state index in [0.29, 0.717) is 5.69 Å². The van der Waals surface area contributed by atoms with E-state index in [9.17, 15) is 9.50 Å². The third-order valence-electron chi connectivity index (χ3n) is 3.02. The van der Waals surface area contributed by atoms with Crippen molar-refractivity contribution < 1.29 is 9.50 Å². The van der Waals surface area contributed by atoms with E-state index in [4.69, 9.17) is 10.5 Å². The summed E-state index contributed by atoms with van der Waals surface area (Å²) in [6, 6.07) is 14.5. The van der Waals surface area contributed by atoms with Crippen molar-refractivity contribution in [1.82, 2.24) is 0 Å². The summed E-state index contributed by atoms with van der Waals surface area (Å²) < 4.78 is 13.5. The molecule has 0 amide bonds. The average molecular weight is 281 g/mol. The molecule has 2 aromatic rings. The van der Waals surface area contributed by atoms with E-state index in [0.717, 1.165) is 0 Å². The number of benzene rings is 2. The molecule has 2 N–H and O–H groups in total. The van der Waals surface area contributed by atoms with Crippen molar-refractivity contribution in [3.05, 3.63) is 65.0 Å². The van der Waals surface area contributed by atoms with Gasteiger partial charge in [-0.2, -0.15) is 10.5 Å². The molecule has 0 fully saturated rings. The van der Waals surface area contributed by atoms with Gasteiger partial charge in [0.1, 0.15) is 18.0 Å². The predicted molar refractivity (Wildman–Crippen MR) is 75.7 cm³/mol. The minimum absolute atomic E-state index is 0.0949. The molecule has 0 saturated heterocycles. The molecule has 21 heavy (non-hydrogen) atoms. The molecule has 0 heterocycles. The van der Waals surface area contributed by atoms with Crippen LogP contribution in [0.3, 0.4) is 0 Å². The van der Waals surface area contributed by atoms with Crippen LogP contribution in [0.15, 0.2) is 42.5 Å². The number of nitrogens with one attached hydrogen (secondary N) is 1. The Hall–Kier alpha value is -2.89. The zero-order chi connectivity index (χ0) is 15.2. The molecule has 5 heteroatoms. The van der Waals surface area contributed by atoms with Crippen LogP contribution in [-0.4, -0.2) is 11.7 Å². The molecule has 0 aromatic heterocycles. The summed E-state index contributed by atoms with van der Waals surface area (Å²) in [7, 11) is 0. The van der Waals surface area contributed by atoms with Crippen LogP contribution in [0.1, 0.15) is 22.8 Å². The van der Waals surface area contributed by atoms with Crippen molar-refractivity contribution in [1.29, 1.82) is 10.5 Å². The van der Waals surface area contributed by atoms with E-state index < -0.39 is 11.9 Å². The second-order valence-corrected chi connectivity index (χ2v) is 4.40. The van der Waals surface area contributed by atoms with Crippen LogP contribution >= 0.6 is 0 Å². The molecular formula is C16H12FN3O. The summed E-state index contributed by atoms with van der Waals surface area (Å²) in [6.45, 7) is 0.0949. The molecule has 1 unspecified atom stereocenters. The Kier molecular flexibility index (Phi) is 4.50. The average Bonchev–Trinajstić information content (AvgIpc) is 2.52. The maximum Gasteiger partial charge on any atom is 0.129 e. The Morgan fingerprint density at radius 2 is 1.81 bits per heavy atom. The lowest BCUT2D eigenvalue weighted by molar-refractivity contribution is 0.186. The van der Waals surface area contributed by atoms with Crippen molar-refractivity contribution in [2.24, 2.45) is 0 Å². The molecule has 0 aliphatic carbocycles. The van der Waals surface area contributed by atoms with Gasteiger partial charge in [0, 0.05) is 17.8 Å². The number of aliphatic hydroxyl groups excluding tert-OH is 1. The molecule has 0 saturated carbocycles. The highest BCUT2D eigenvalue weighted by Crippen LogP contribution is 2.19. The number of anilines is 1. The second-order valence-electron chi connectivity index (χ2n) is 4.40. The smallest absolute Gasteiger partial charge is 0.129 e. The Balaban J connectivity index is 2.09. The van der Waals surface area contributed by atoms with Gasteiger partial charge in [-0.15, -0.1) is 0 Å². The van der Waals surface area contributed by atoms with E-state index >= 15 is 0 Å². The minimum Gasteiger partial charge on any atom is -0.386 e. The Labute approximate surface area is 121 Å². The third kappa shape index (κ3) is 3.36. The van der Waals surface area contributed by atoms with Gasteiger partial charge in [-0.05, 0) is 24.3 Å². The molecule has 0 radical (unpaired) electrons. The van der Waals surface area contributed by atoms with E-state index in [1.807, 2.05) is 12.1 Å². The molecule has 104 valence electrons. The van der Waals surface area contributed by atoms with Crippen LogP contribution < -0.4 is 5.32 Å². The summed E-state index contributed by atoms with van der Waals surface area (Å²) >= 11 is 0. The van der Waals surface area contributed by atoms with E-state index in [1.54, 1.807) is 18.2 Å². The van der Waals surface area contributed by atoms with Gasteiger partial charge in [-0.25, -0.2) is 4.39 Å². The Morgan fingerprint density at radius 3 is 2.48 bits per heavy atom. The standard InChI is InChI=1S/C16H12FN3O/c17-15-4-2-1-3-14(15)16(21)10-20-13-6-5-11(8-18)12(7-13)9-19/h1-7,16,20-21H,10H2. The molecular weight excluding hydrogens is 269 g/mol. The van der Waals surface area contributed by atoms with Gasteiger partial charge >= 0.3 is 0 Å². The molecule has 1 atom stereocenters. The first-order valence-electron chi connectivity index (χ1n) is 6.26. The van der Waals surface area contributed by atoms with Gasteiger partial charge in [0.2, 0.25) is 0 Å². The van der Waals surface area contributed by atoms with Gasteiger partial charge in [0.25, 0.3) is 0 Å². The first kappa shape index (κ1) is 14.5.